The van der Waals surface area contributed by atoms with E-state index in [0.29, 0.717) is 6.54 Å². The first-order valence-electron chi connectivity index (χ1n) is 4.60. The van der Waals surface area contributed by atoms with E-state index >= 15 is 0 Å². The van der Waals surface area contributed by atoms with Crippen molar-refractivity contribution in [3.63, 3.8) is 0 Å². The Labute approximate surface area is 88.7 Å². The number of ether oxygens (including phenoxy) is 1. The number of carbonyl (C=O) groups is 1. The molecule has 1 amide bonds. The summed E-state index contributed by atoms with van der Waals surface area (Å²) < 4.78 is 4.92. The lowest BCUT2D eigenvalue weighted by molar-refractivity contribution is 0.140. The van der Waals surface area contributed by atoms with Gasteiger partial charge in [-0.3, -0.25) is 0 Å². The van der Waals surface area contributed by atoms with Crippen LogP contribution in [0, 0.1) is 6.57 Å². The minimum atomic E-state index is -0.484. The summed E-state index contributed by atoms with van der Waals surface area (Å²) in [7, 11) is 0. The van der Waals surface area contributed by atoms with Crippen molar-refractivity contribution < 1.29 is 9.53 Å². The second-order valence-electron chi connectivity index (χ2n) is 2.87. The maximum absolute atomic E-state index is 11.1. The monoisotopic (exact) mass is 204 g/mol. The largest absolute Gasteiger partial charge is 0.445 e. The van der Waals surface area contributed by atoms with E-state index in [1.807, 2.05) is 30.3 Å². The molecular weight excluding hydrogens is 192 g/mol. The molecule has 0 aliphatic carbocycles. The van der Waals surface area contributed by atoms with Gasteiger partial charge in [-0.2, -0.15) is 0 Å². The normalized spacial score (nSPS) is 9.00. The van der Waals surface area contributed by atoms with Crippen LogP contribution < -0.4 is 5.32 Å². The van der Waals surface area contributed by atoms with Crippen LogP contribution in [0.5, 0.6) is 0 Å². The van der Waals surface area contributed by atoms with Gasteiger partial charge in [0.15, 0.2) is 0 Å². The van der Waals surface area contributed by atoms with Gasteiger partial charge in [0, 0.05) is 0 Å². The third kappa shape index (κ3) is 4.67. The zero-order valence-corrected chi connectivity index (χ0v) is 8.27. The highest BCUT2D eigenvalue weighted by atomic mass is 16.5. The molecule has 4 nitrogen and oxygen atoms in total. The van der Waals surface area contributed by atoms with Crippen LogP contribution in [0.1, 0.15) is 5.56 Å². The van der Waals surface area contributed by atoms with Gasteiger partial charge in [-0.15, -0.1) is 0 Å². The number of hydrogen-bond acceptors (Lipinski definition) is 2. The van der Waals surface area contributed by atoms with Crippen molar-refractivity contribution in [2.75, 3.05) is 13.1 Å². The molecule has 78 valence electrons. The second-order valence-corrected chi connectivity index (χ2v) is 2.87. The summed E-state index contributed by atoms with van der Waals surface area (Å²) in [6, 6.07) is 9.43. The molecule has 0 radical (unpaired) electrons. The van der Waals surface area contributed by atoms with Gasteiger partial charge in [-0.05, 0) is 5.56 Å². The summed E-state index contributed by atoms with van der Waals surface area (Å²) in [5.74, 6) is 0. The summed E-state index contributed by atoms with van der Waals surface area (Å²) >= 11 is 0. The van der Waals surface area contributed by atoms with Gasteiger partial charge >= 0.3 is 6.09 Å². The van der Waals surface area contributed by atoms with Gasteiger partial charge in [0.2, 0.25) is 6.54 Å². The third-order valence-corrected chi connectivity index (χ3v) is 1.71. The zero-order chi connectivity index (χ0) is 10.9. The standard InChI is InChI=1S/C11H12N2O2/c1-12-7-8-13-11(14)15-9-10-5-3-2-4-6-10/h2-6H,7-9H2,(H,13,14). The Bertz CT molecular complexity index is 343. The minimum absolute atomic E-state index is 0.255. The van der Waals surface area contributed by atoms with E-state index in [1.54, 1.807) is 0 Å². The van der Waals surface area contributed by atoms with Crippen molar-refractivity contribution in [3.8, 4) is 0 Å². The number of alkyl carbamates (subject to hydrolysis) is 1. The Hall–Kier alpha value is -2.02. The van der Waals surface area contributed by atoms with Gasteiger partial charge in [-0.1, -0.05) is 30.3 Å². The molecule has 0 unspecified atom stereocenters. The van der Waals surface area contributed by atoms with Crippen molar-refractivity contribution in [1.82, 2.24) is 5.32 Å². The maximum Gasteiger partial charge on any atom is 0.407 e. The fraction of sp³-hybridized carbons (Fsp3) is 0.273. The predicted octanol–water partition coefficient (Wildman–Crippen LogP) is 1.83. The average Bonchev–Trinajstić information content (AvgIpc) is 2.28. The first-order valence-corrected chi connectivity index (χ1v) is 4.60. The van der Waals surface area contributed by atoms with Gasteiger partial charge < -0.3 is 14.9 Å². The number of benzene rings is 1. The molecule has 1 aromatic rings. The lowest BCUT2D eigenvalue weighted by atomic mass is 10.2. The molecule has 0 saturated heterocycles. The average molecular weight is 204 g/mol. The molecule has 0 aliphatic rings. The number of nitrogens with zero attached hydrogens (tertiary/aromatic N) is 1. The molecule has 0 bridgehead atoms. The predicted molar refractivity (Wildman–Crippen MR) is 56.1 cm³/mol. The molecule has 1 rings (SSSR count). The van der Waals surface area contributed by atoms with Crippen molar-refractivity contribution in [1.29, 1.82) is 0 Å². The fourth-order valence-corrected chi connectivity index (χ4v) is 0.988. The van der Waals surface area contributed by atoms with Crippen molar-refractivity contribution in [3.05, 3.63) is 47.3 Å². The van der Waals surface area contributed by atoms with Crippen LogP contribution in [-0.4, -0.2) is 19.2 Å². The third-order valence-electron chi connectivity index (χ3n) is 1.71. The van der Waals surface area contributed by atoms with E-state index in [-0.39, 0.29) is 13.2 Å². The quantitative estimate of drug-likeness (QED) is 0.600. The maximum atomic E-state index is 11.1. The molecule has 0 aliphatic heterocycles. The fourth-order valence-electron chi connectivity index (χ4n) is 0.988. The van der Waals surface area contributed by atoms with E-state index in [9.17, 15) is 4.79 Å². The molecule has 0 fully saturated rings. The molecule has 0 spiro atoms. The summed E-state index contributed by atoms with van der Waals surface area (Å²) in [5, 5.41) is 2.48. The molecule has 1 N–H and O–H groups in total. The molecular formula is C11H12N2O2. The second kappa shape index (κ2) is 6.44. The van der Waals surface area contributed by atoms with Crippen LogP contribution in [0.15, 0.2) is 30.3 Å². The Balaban J connectivity index is 2.20. The lowest BCUT2D eigenvalue weighted by Gasteiger charge is -2.04. The highest BCUT2D eigenvalue weighted by molar-refractivity contribution is 5.67. The number of nitrogens with one attached hydrogen (secondary N) is 1. The molecule has 0 saturated carbocycles. The van der Waals surface area contributed by atoms with Gasteiger partial charge in [0.05, 0.1) is 6.54 Å². The molecule has 0 heterocycles. The molecule has 0 aromatic heterocycles. The summed E-state index contributed by atoms with van der Waals surface area (Å²) in [5.41, 5.74) is 0.942. The number of amides is 1. The van der Waals surface area contributed by atoms with E-state index in [4.69, 9.17) is 11.3 Å². The van der Waals surface area contributed by atoms with Crippen LogP contribution in [0.2, 0.25) is 0 Å². The number of carbonyl (C=O) groups excluding carboxylic acids is 1. The molecule has 4 heteroatoms. The Morgan fingerprint density at radius 1 is 1.40 bits per heavy atom. The van der Waals surface area contributed by atoms with Crippen molar-refractivity contribution in [2.24, 2.45) is 0 Å². The highest BCUT2D eigenvalue weighted by Gasteiger charge is 2.01. The van der Waals surface area contributed by atoms with Crippen LogP contribution in [0.4, 0.5) is 4.79 Å². The smallest absolute Gasteiger partial charge is 0.407 e. The van der Waals surface area contributed by atoms with E-state index in [0.717, 1.165) is 5.56 Å². The van der Waals surface area contributed by atoms with Gasteiger partial charge in [0.1, 0.15) is 6.61 Å². The molecule has 15 heavy (non-hydrogen) atoms. The van der Waals surface area contributed by atoms with Gasteiger partial charge in [-0.25, -0.2) is 11.4 Å². The molecule has 1 aromatic carbocycles. The zero-order valence-electron chi connectivity index (χ0n) is 8.27. The first-order chi connectivity index (χ1) is 7.33. The lowest BCUT2D eigenvalue weighted by Crippen LogP contribution is -2.26. The van der Waals surface area contributed by atoms with Crippen LogP contribution in [0.25, 0.3) is 4.85 Å². The Morgan fingerprint density at radius 3 is 2.80 bits per heavy atom. The summed E-state index contributed by atoms with van der Waals surface area (Å²) in [4.78, 5) is 14.2. The first kappa shape index (κ1) is 11.1. The number of rotatable bonds is 4. The van der Waals surface area contributed by atoms with E-state index < -0.39 is 6.09 Å². The van der Waals surface area contributed by atoms with Crippen molar-refractivity contribution >= 4 is 6.09 Å². The van der Waals surface area contributed by atoms with Crippen LogP contribution in [0.3, 0.4) is 0 Å². The van der Waals surface area contributed by atoms with Gasteiger partial charge in [0.25, 0.3) is 0 Å². The Kier molecular flexibility index (Phi) is 4.74. The SMILES string of the molecule is [C-]#[N+]CCNC(=O)OCc1ccccc1. The minimum Gasteiger partial charge on any atom is -0.445 e. The van der Waals surface area contributed by atoms with Crippen LogP contribution in [-0.2, 0) is 11.3 Å². The summed E-state index contributed by atoms with van der Waals surface area (Å²) in [6.45, 7) is 7.38. The van der Waals surface area contributed by atoms with Crippen LogP contribution >= 0.6 is 0 Å². The van der Waals surface area contributed by atoms with E-state index in [1.165, 1.54) is 0 Å². The van der Waals surface area contributed by atoms with Crippen molar-refractivity contribution in [2.45, 2.75) is 6.61 Å². The summed E-state index contributed by atoms with van der Waals surface area (Å²) in [6.07, 6.45) is -0.484. The highest BCUT2D eigenvalue weighted by Crippen LogP contribution is 2.00. The topological polar surface area (TPSA) is 42.7 Å². The Morgan fingerprint density at radius 2 is 2.13 bits per heavy atom. The van der Waals surface area contributed by atoms with E-state index in [2.05, 4.69) is 10.2 Å². The number of hydrogen-bond donors (Lipinski definition) is 1. The molecule has 0 atom stereocenters.